The maximum atomic E-state index is 13.2. The Morgan fingerprint density at radius 3 is 2.31 bits per heavy atom. The Labute approximate surface area is 97.4 Å². The molecule has 0 bridgehead atoms. The zero-order chi connectivity index (χ0) is 12.0. The van der Waals surface area contributed by atoms with E-state index < -0.39 is 5.95 Å². The number of rotatable bonds is 4. The van der Waals surface area contributed by atoms with Crippen molar-refractivity contribution in [3.63, 3.8) is 0 Å². The van der Waals surface area contributed by atoms with Crippen molar-refractivity contribution in [2.75, 3.05) is 32.7 Å². The maximum Gasteiger partial charge on any atom is 0.208 e. The minimum absolute atomic E-state index is 0.539. The van der Waals surface area contributed by atoms with Crippen molar-refractivity contribution in [1.82, 2.24) is 9.80 Å². The van der Waals surface area contributed by atoms with Gasteiger partial charge in [0.1, 0.15) is 0 Å². The molecular weight excluding hydrogens is 205 g/mol. The highest BCUT2D eigenvalue weighted by molar-refractivity contribution is 5.20. The van der Waals surface area contributed by atoms with Crippen molar-refractivity contribution in [2.24, 2.45) is 5.73 Å². The third-order valence-electron chi connectivity index (χ3n) is 2.92. The Morgan fingerprint density at radius 1 is 1.25 bits per heavy atom. The van der Waals surface area contributed by atoms with Crippen molar-refractivity contribution in [2.45, 2.75) is 20.3 Å². The molecule has 0 amide bonds. The van der Waals surface area contributed by atoms with E-state index >= 15 is 0 Å². The van der Waals surface area contributed by atoms with Crippen molar-refractivity contribution in [3.05, 3.63) is 23.8 Å². The van der Waals surface area contributed by atoms with E-state index in [1.54, 1.807) is 6.08 Å². The molecule has 0 atom stereocenters. The second kappa shape index (κ2) is 6.53. The molecule has 0 aromatic heterocycles. The molecule has 3 nitrogen and oxygen atoms in total. The number of nitrogens with two attached hydrogens (primary N) is 1. The molecule has 0 radical (unpaired) electrons. The summed E-state index contributed by atoms with van der Waals surface area (Å²) in [6.07, 6.45) is 4.62. The van der Waals surface area contributed by atoms with E-state index in [1.165, 1.54) is 0 Å². The van der Waals surface area contributed by atoms with E-state index in [4.69, 9.17) is 5.73 Å². The fourth-order valence-electron chi connectivity index (χ4n) is 1.87. The molecule has 1 heterocycles. The van der Waals surface area contributed by atoms with Gasteiger partial charge < -0.3 is 15.5 Å². The monoisotopic (exact) mass is 227 g/mol. The van der Waals surface area contributed by atoms with E-state index in [0.717, 1.165) is 39.1 Å². The minimum atomic E-state index is -0.574. The molecule has 0 spiro atoms. The van der Waals surface area contributed by atoms with Gasteiger partial charge in [0.15, 0.2) is 0 Å². The van der Waals surface area contributed by atoms with Crippen LogP contribution in [0.4, 0.5) is 4.39 Å². The number of allylic oxidation sites excluding steroid dienone is 2. The fourth-order valence-corrected chi connectivity index (χ4v) is 1.87. The lowest BCUT2D eigenvalue weighted by atomic mass is 10.2. The summed E-state index contributed by atoms with van der Waals surface area (Å²) in [7, 11) is 0. The second-order valence-electron chi connectivity index (χ2n) is 3.97. The lowest BCUT2D eigenvalue weighted by Gasteiger charge is -2.35. The normalized spacial score (nSPS) is 20.3. The first-order valence-corrected chi connectivity index (χ1v) is 5.98. The van der Waals surface area contributed by atoms with E-state index in [-0.39, 0.29) is 0 Å². The maximum absolute atomic E-state index is 13.2. The van der Waals surface area contributed by atoms with Crippen molar-refractivity contribution in [1.29, 1.82) is 0 Å². The summed E-state index contributed by atoms with van der Waals surface area (Å²) in [5.41, 5.74) is 5.82. The zero-order valence-corrected chi connectivity index (χ0v) is 10.2. The van der Waals surface area contributed by atoms with Gasteiger partial charge in [0.05, 0.1) is 5.70 Å². The largest absolute Gasteiger partial charge is 0.374 e. The highest BCUT2D eigenvalue weighted by Crippen LogP contribution is 2.13. The topological polar surface area (TPSA) is 32.5 Å². The molecule has 1 saturated heterocycles. The number of likely N-dealkylation sites (N-methyl/N-ethyl adjacent to an activating group) is 1. The number of piperazine rings is 1. The summed E-state index contributed by atoms with van der Waals surface area (Å²) in [4.78, 5) is 4.37. The standard InChI is InChI=1S/C12H22FN3/c1-3-5-6-11(12(13)14)16-9-7-15(4-2)8-10-16/h5-6H,3-4,7-10,14H2,1-2H3/b6-5-,12-11+. The Bertz CT molecular complexity index is 261. The third-order valence-corrected chi connectivity index (χ3v) is 2.92. The molecule has 0 saturated carbocycles. The van der Waals surface area contributed by atoms with Crippen LogP contribution in [0.25, 0.3) is 0 Å². The summed E-state index contributed by atoms with van der Waals surface area (Å²) in [5.74, 6) is -0.574. The third kappa shape index (κ3) is 3.52. The van der Waals surface area contributed by atoms with Crippen LogP contribution in [0.3, 0.4) is 0 Å². The predicted octanol–water partition coefficient (Wildman–Crippen LogP) is 1.69. The molecular formula is C12H22FN3. The lowest BCUT2D eigenvalue weighted by Crippen LogP contribution is -2.45. The van der Waals surface area contributed by atoms with Gasteiger partial charge in [-0.1, -0.05) is 19.9 Å². The number of hydrogen-bond acceptors (Lipinski definition) is 3. The average molecular weight is 227 g/mol. The Balaban J connectivity index is 2.62. The van der Waals surface area contributed by atoms with Crippen LogP contribution < -0.4 is 5.73 Å². The summed E-state index contributed by atoms with van der Waals surface area (Å²) < 4.78 is 13.2. The first-order valence-electron chi connectivity index (χ1n) is 5.98. The molecule has 92 valence electrons. The smallest absolute Gasteiger partial charge is 0.208 e. The van der Waals surface area contributed by atoms with Gasteiger partial charge in [-0.15, -0.1) is 0 Å². The molecule has 2 N–H and O–H groups in total. The SMILES string of the molecule is CC/C=C\C(=C(/N)F)N1CCN(CC)CC1. The van der Waals surface area contributed by atoms with Crippen LogP contribution in [0.15, 0.2) is 23.8 Å². The molecule has 4 heteroatoms. The van der Waals surface area contributed by atoms with Crippen LogP contribution in [0.5, 0.6) is 0 Å². The van der Waals surface area contributed by atoms with E-state index in [9.17, 15) is 4.39 Å². The molecule has 0 unspecified atom stereocenters. The van der Waals surface area contributed by atoms with Gasteiger partial charge >= 0.3 is 0 Å². The van der Waals surface area contributed by atoms with Gasteiger partial charge in [-0.3, -0.25) is 0 Å². The minimum Gasteiger partial charge on any atom is -0.374 e. The quantitative estimate of drug-likeness (QED) is 0.586. The van der Waals surface area contributed by atoms with E-state index in [1.807, 2.05) is 17.9 Å². The van der Waals surface area contributed by atoms with Gasteiger partial charge in [0.2, 0.25) is 5.95 Å². The highest BCUT2D eigenvalue weighted by atomic mass is 19.1. The Hall–Kier alpha value is -1.03. The van der Waals surface area contributed by atoms with E-state index in [0.29, 0.717) is 5.70 Å². The molecule has 0 aromatic rings. The first kappa shape index (κ1) is 13.0. The number of hydrogen-bond donors (Lipinski definition) is 1. The van der Waals surface area contributed by atoms with Crippen LogP contribution in [0, 0.1) is 0 Å². The van der Waals surface area contributed by atoms with Crippen LogP contribution >= 0.6 is 0 Å². The second-order valence-corrected chi connectivity index (χ2v) is 3.97. The zero-order valence-electron chi connectivity index (χ0n) is 10.2. The average Bonchev–Trinajstić information content (AvgIpc) is 2.30. The molecule has 1 aliphatic heterocycles. The lowest BCUT2D eigenvalue weighted by molar-refractivity contribution is 0.165. The first-order chi connectivity index (χ1) is 7.69. The molecule has 16 heavy (non-hydrogen) atoms. The molecule has 1 aliphatic rings. The van der Waals surface area contributed by atoms with Crippen LogP contribution in [-0.4, -0.2) is 42.5 Å². The molecule has 0 aromatic carbocycles. The number of nitrogens with zero attached hydrogens (tertiary/aromatic N) is 2. The summed E-state index contributed by atoms with van der Waals surface area (Å²) in [5, 5.41) is 0. The summed E-state index contributed by atoms with van der Waals surface area (Å²) in [6.45, 7) is 8.89. The van der Waals surface area contributed by atoms with Gasteiger partial charge in [-0.2, -0.15) is 4.39 Å². The van der Waals surface area contributed by atoms with Crippen LogP contribution in [0.1, 0.15) is 20.3 Å². The highest BCUT2D eigenvalue weighted by Gasteiger charge is 2.18. The van der Waals surface area contributed by atoms with E-state index in [2.05, 4.69) is 11.8 Å². The Kier molecular flexibility index (Phi) is 5.32. The van der Waals surface area contributed by atoms with Crippen molar-refractivity contribution in [3.8, 4) is 0 Å². The van der Waals surface area contributed by atoms with Crippen LogP contribution in [-0.2, 0) is 0 Å². The van der Waals surface area contributed by atoms with Crippen molar-refractivity contribution < 1.29 is 4.39 Å². The van der Waals surface area contributed by atoms with Gasteiger partial charge in [-0.05, 0) is 19.0 Å². The van der Waals surface area contributed by atoms with Crippen molar-refractivity contribution >= 4 is 0 Å². The predicted molar refractivity (Wildman–Crippen MR) is 65.4 cm³/mol. The summed E-state index contributed by atoms with van der Waals surface area (Å²) in [6, 6.07) is 0. The fraction of sp³-hybridized carbons (Fsp3) is 0.667. The Morgan fingerprint density at radius 2 is 1.88 bits per heavy atom. The molecule has 1 rings (SSSR count). The van der Waals surface area contributed by atoms with Gasteiger partial charge in [-0.25, -0.2) is 0 Å². The molecule has 1 fully saturated rings. The summed E-state index contributed by atoms with van der Waals surface area (Å²) >= 11 is 0. The van der Waals surface area contributed by atoms with Crippen LogP contribution in [0.2, 0.25) is 0 Å². The molecule has 0 aliphatic carbocycles. The van der Waals surface area contributed by atoms with Gasteiger partial charge in [0, 0.05) is 26.2 Å². The number of halogens is 1. The van der Waals surface area contributed by atoms with Gasteiger partial charge in [0.25, 0.3) is 0 Å².